The van der Waals surface area contributed by atoms with Gasteiger partial charge in [0.15, 0.2) is 0 Å². The first-order valence-electron chi connectivity index (χ1n) is 9.32. The Bertz CT molecular complexity index is 864. The van der Waals surface area contributed by atoms with E-state index in [0.717, 1.165) is 16.8 Å². The van der Waals surface area contributed by atoms with Gasteiger partial charge in [-0.3, -0.25) is 0 Å². The number of amides is 2. The molecule has 28 heavy (non-hydrogen) atoms. The third kappa shape index (κ3) is 4.77. The number of aliphatic hydroxyl groups is 1. The van der Waals surface area contributed by atoms with Crippen molar-refractivity contribution >= 4 is 17.6 Å². The van der Waals surface area contributed by atoms with Gasteiger partial charge in [-0.25, -0.2) is 19.2 Å². The fraction of sp³-hybridized carbons (Fsp3) is 0.450. The molecule has 0 saturated heterocycles. The van der Waals surface area contributed by atoms with E-state index in [1.54, 1.807) is 11.0 Å². The van der Waals surface area contributed by atoms with E-state index in [-0.39, 0.29) is 29.6 Å². The number of aromatic nitrogens is 2. The molecule has 2 heterocycles. The number of carbonyl (C=O) groups excluding carboxylic acids is 1. The van der Waals surface area contributed by atoms with Crippen LogP contribution in [0, 0.1) is 11.7 Å². The van der Waals surface area contributed by atoms with Crippen LogP contribution in [-0.4, -0.2) is 39.2 Å². The molecule has 3 rings (SSSR count). The third-order valence-electron chi connectivity index (χ3n) is 4.91. The fourth-order valence-corrected chi connectivity index (χ4v) is 3.32. The van der Waals surface area contributed by atoms with Gasteiger partial charge in [-0.2, -0.15) is 0 Å². The lowest BCUT2D eigenvalue weighted by Gasteiger charge is -2.29. The van der Waals surface area contributed by atoms with Crippen LogP contribution in [0.1, 0.15) is 42.5 Å². The number of carbonyl (C=O) groups is 1. The third-order valence-corrected chi connectivity index (χ3v) is 5.20. The summed E-state index contributed by atoms with van der Waals surface area (Å²) in [5.41, 5.74) is 2.62. The monoisotopic (exact) mass is 406 g/mol. The van der Waals surface area contributed by atoms with Gasteiger partial charge in [0, 0.05) is 25.8 Å². The molecule has 1 aliphatic heterocycles. The number of hydrogen-bond donors (Lipinski definition) is 2. The van der Waals surface area contributed by atoms with Crippen molar-refractivity contribution in [2.24, 2.45) is 5.92 Å². The zero-order valence-electron chi connectivity index (χ0n) is 16.0. The number of halogens is 2. The van der Waals surface area contributed by atoms with Crippen molar-refractivity contribution in [3.63, 3.8) is 0 Å². The van der Waals surface area contributed by atoms with E-state index in [2.05, 4.69) is 15.3 Å². The van der Waals surface area contributed by atoms with E-state index in [9.17, 15) is 14.3 Å². The summed E-state index contributed by atoms with van der Waals surface area (Å²) in [6.07, 6.45) is 3.10. The highest BCUT2D eigenvalue weighted by Crippen LogP contribution is 2.22. The Balaban J connectivity index is 1.66. The van der Waals surface area contributed by atoms with Crippen LogP contribution in [0.4, 0.5) is 9.18 Å². The van der Waals surface area contributed by atoms with Crippen LogP contribution in [-0.2, 0) is 19.4 Å². The van der Waals surface area contributed by atoms with Crippen LogP contribution in [0.2, 0.25) is 5.02 Å². The van der Waals surface area contributed by atoms with Crippen molar-refractivity contribution < 1.29 is 14.3 Å². The SMILES string of the molecule is C[C@@H](CO)Cc1ncc2c(n1)CN(C(=O)N[C@H](C)c1ccc(F)c(Cl)c1)CC2. The molecule has 2 aromatic rings. The van der Waals surface area contributed by atoms with Gasteiger partial charge in [0.05, 0.1) is 23.3 Å². The molecule has 0 spiro atoms. The average molecular weight is 407 g/mol. The van der Waals surface area contributed by atoms with Crippen molar-refractivity contribution in [2.75, 3.05) is 13.2 Å². The van der Waals surface area contributed by atoms with Gasteiger partial charge >= 0.3 is 6.03 Å². The molecule has 0 aliphatic carbocycles. The van der Waals surface area contributed by atoms with Crippen molar-refractivity contribution in [3.05, 3.63) is 57.9 Å². The highest BCUT2D eigenvalue weighted by molar-refractivity contribution is 6.30. The Kier molecular flexibility index (Phi) is 6.46. The van der Waals surface area contributed by atoms with Gasteiger partial charge in [-0.05, 0) is 42.5 Å². The predicted octanol–water partition coefficient (Wildman–Crippen LogP) is 3.27. The number of hydrogen-bond acceptors (Lipinski definition) is 4. The molecule has 6 nitrogen and oxygen atoms in total. The number of aliphatic hydroxyl groups excluding tert-OH is 1. The molecular formula is C20H24ClFN4O2. The molecule has 1 aromatic heterocycles. The molecule has 2 N–H and O–H groups in total. The minimum absolute atomic E-state index is 0.0341. The molecule has 1 aromatic carbocycles. The molecular weight excluding hydrogens is 383 g/mol. The first kappa shape index (κ1) is 20.5. The molecule has 0 radical (unpaired) electrons. The van der Waals surface area contributed by atoms with Crippen molar-refractivity contribution in [1.29, 1.82) is 0 Å². The number of nitrogens with zero attached hydrogens (tertiary/aromatic N) is 3. The minimum Gasteiger partial charge on any atom is -0.396 e. The first-order valence-corrected chi connectivity index (χ1v) is 9.70. The van der Waals surface area contributed by atoms with E-state index in [1.165, 1.54) is 12.1 Å². The van der Waals surface area contributed by atoms with Gasteiger partial charge in [0.25, 0.3) is 0 Å². The Morgan fingerprint density at radius 1 is 1.43 bits per heavy atom. The van der Waals surface area contributed by atoms with Crippen LogP contribution in [0.3, 0.4) is 0 Å². The summed E-state index contributed by atoms with van der Waals surface area (Å²) in [5, 5.41) is 12.2. The maximum atomic E-state index is 13.3. The summed E-state index contributed by atoms with van der Waals surface area (Å²) in [4.78, 5) is 23.3. The first-order chi connectivity index (χ1) is 13.4. The standard InChI is InChI=1S/C20H24ClFN4O2/c1-12(11-27)7-19-23-9-15-5-6-26(10-18(15)25-19)20(28)24-13(2)14-3-4-17(22)16(21)8-14/h3-4,8-9,12-13,27H,5-7,10-11H2,1-2H3,(H,24,28)/t12-,13-/m1/s1. The fourth-order valence-electron chi connectivity index (χ4n) is 3.13. The number of urea groups is 1. The second-order valence-corrected chi connectivity index (χ2v) is 7.67. The predicted molar refractivity (Wildman–Crippen MR) is 104 cm³/mol. The maximum Gasteiger partial charge on any atom is 0.318 e. The lowest BCUT2D eigenvalue weighted by molar-refractivity contribution is 0.188. The summed E-state index contributed by atoms with van der Waals surface area (Å²) in [7, 11) is 0. The Hall–Kier alpha value is -2.25. The smallest absolute Gasteiger partial charge is 0.318 e. The maximum absolute atomic E-state index is 13.3. The molecule has 8 heteroatoms. The van der Waals surface area contributed by atoms with Crippen LogP contribution in [0.15, 0.2) is 24.4 Å². The van der Waals surface area contributed by atoms with Crippen LogP contribution >= 0.6 is 11.6 Å². The quantitative estimate of drug-likeness (QED) is 0.798. The minimum atomic E-state index is -0.484. The van der Waals surface area contributed by atoms with Crippen molar-refractivity contribution in [1.82, 2.24) is 20.2 Å². The Labute approximate surface area is 168 Å². The van der Waals surface area contributed by atoms with Crippen LogP contribution < -0.4 is 5.32 Å². The molecule has 2 atom stereocenters. The second kappa shape index (κ2) is 8.84. The highest BCUT2D eigenvalue weighted by Gasteiger charge is 2.24. The topological polar surface area (TPSA) is 78.4 Å². The zero-order valence-corrected chi connectivity index (χ0v) is 16.7. The van der Waals surface area contributed by atoms with Gasteiger partial charge in [-0.15, -0.1) is 0 Å². The molecule has 0 unspecified atom stereocenters. The van der Waals surface area contributed by atoms with Crippen LogP contribution in [0.5, 0.6) is 0 Å². The van der Waals surface area contributed by atoms with Crippen molar-refractivity contribution in [2.45, 2.75) is 39.3 Å². The van der Waals surface area contributed by atoms with Gasteiger partial charge in [0.2, 0.25) is 0 Å². The highest BCUT2D eigenvalue weighted by atomic mass is 35.5. The average Bonchev–Trinajstić information content (AvgIpc) is 2.69. The summed E-state index contributed by atoms with van der Waals surface area (Å²) in [6, 6.07) is 3.92. The lowest BCUT2D eigenvalue weighted by atomic mass is 10.1. The number of fused-ring (bicyclic) bond motifs is 1. The van der Waals surface area contributed by atoms with E-state index in [1.807, 2.05) is 20.0 Å². The van der Waals surface area contributed by atoms with E-state index >= 15 is 0 Å². The molecule has 1 aliphatic rings. The molecule has 0 bridgehead atoms. The molecule has 0 saturated carbocycles. The molecule has 150 valence electrons. The van der Waals surface area contributed by atoms with E-state index in [4.69, 9.17) is 11.6 Å². The Morgan fingerprint density at radius 2 is 2.21 bits per heavy atom. The molecule has 0 fully saturated rings. The number of rotatable bonds is 5. The molecule has 2 amide bonds. The summed E-state index contributed by atoms with van der Waals surface area (Å²) in [6.45, 7) is 4.83. The summed E-state index contributed by atoms with van der Waals surface area (Å²) in [5.74, 6) is 0.281. The largest absolute Gasteiger partial charge is 0.396 e. The second-order valence-electron chi connectivity index (χ2n) is 7.27. The number of benzene rings is 1. The van der Waals surface area contributed by atoms with Crippen molar-refractivity contribution in [3.8, 4) is 0 Å². The van der Waals surface area contributed by atoms with Crippen LogP contribution in [0.25, 0.3) is 0 Å². The Morgan fingerprint density at radius 3 is 2.93 bits per heavy atom. The normalized spacial score (nSPS) is 15.7. The lowest BCUT2D eigenvalue weighted by Crippen LogP contribution is -2.44. The van der Waals surface area contributed by atoms with Gasteiger partial charge in [0.1, 0.15) is 11.6 Å². The summed E-state index contributed by atoms with van der Waals surface area (Å²) >= 11 is 5.83. The van der Waals surface area contributed by atoms with E-state index in [0.29, 0.717) is 31.8 Å². The van der Waals surface area contributed by atoms with Gasteiger partial charge in [-0.1, -0.05) is 24.6 Å². The van der Waals surface area contributed by atoms with E-state index < -0.39 is 5.82 Å². The zero-order chi connectivity index (χ0) is 20.3. The summed E-state index contributed by atoms with van der Waals surface area (Å²) < 4.78 is 13.3. The number of nitrogens with one attached hydrogen (secondary N) is 1. The van der Waals surface area contributed by atoms with Gasteiger partial charge < -0.3 is 15.3 Å².